The van der Waals surface area contributed by atoms with Crippen molar-refractivity contribution in [2.24, 2.45) is 11.8 Å². The first kappa shape index (κ1) is 35.5. The van der Waals surface area contributed by atoms with E-state index >= 15 is 0 Å². The molecule has 6 rings (SSSR count). The van der Waals surface area contributed by atoms with Crippen LogP contribution in [0.3, 0.4) is 0 Å². The molecule has 2 fully saturated rings. The van der Waals surface area contributed by atoms with Gasteiger partial charge in [-0.05, 0) is 81.1 Å². The van der Waals surface area contributed by atoms with E-state index in [4.69, 9.17) is 9.97 Å². The van der Waals surface area contributed by atoms with Gasteiger partial charge in [-0.15, -0.1) is 0 Å². The van der Waals surface area contributed by atoms with Gasteiger partial charge in [0.05, 0.1) is 41.8 Å². The second-order valence-electron chi connectivity index (χ2n) is 14.8. The minimum atomic E-state index is -0.172. The molecular weight excluding hydrogens is 624 g/mol. The monoisotopic (exact) mass is 678 g/mol. The van der Waals surface area contributed by atoms with Crippen molar-refractivity contribution in [3.05, 3.63) is 72.6 Å². The standard InChI is InChI=1S/C40H54N8O2/c1-25(2)21-31(41-5)39(49)47-19-7-9-35(47)37-43-23-33(45-37)29-15-11-27(12-16-29)28-13-17-30(18-14-28)34-24-44-38(46-34)36-10-8-20-48(36)40(50)32(42-6)22-26(3)4/h11-18,23-26,31-32,35-36,41-42H,7-10,19-22H2,1-6H3,(H,43,45)(H,44,46)/t31-,32-,35-,36-/m0/s1. The Bertz CT molecular complexity index is 1600. The van der Waals surface area contributed by atoms with Gasteiger partial charge in [-0.2, -0.15) is 0 Å². The number of hydrogen-bond donors (Lipinski definition) is 4. The van der Waals surface area contributed by atoms with Crippen molar-refractivity contribution in [1.82, 2.24) is 40.4 Å². The topological polar surface area (TPSA) is 122 Å². The lowest BCUT2D eigenvalue weighted by atomic mass is 10.0. The lowest BCUT2D eigenvalue weighted by Crippen LogP contribution is -2.45. The van der Waals surface area contributed by atoms with Crippen molar-refractivity contribution in [2.45, 2.75) is 90.4 Å². The highest BCUT2D eigenvalue weighted by Gasteiger charge is 2.36. The van der Waals surface area contributed by atoms with Gasteiger partial charge in [-0.1, -0.05) is 76.2 Å². The molecule has 10 nitrogen and oxygen atoms in total. The molecule has 0 aliphatic carbocycles. The molecule has 0 unspecified atom stereocenters. The highest BCUT2D eigenvalue weighted by atomic mass is 16.2. The van der Waals surface area contributed by atoms with Crippen LogP contribution >= 0.6 is 0 Å². The van der Waals surface area contributed by atoms with Crippen LogP contribution in [0.2, 0.25) is 0 Å². The van der Waals surface area contributed by atoms with Crippen LogP contribution in [0.4, 0.5) is 0 Å². The number of carbonyl (C=O) groups is 2. The van der Waals surface area contributed by atoms with Gasteiger partial charge in [0.2, 0.25) is 11.8 Å². The zero-order valence-electron chi connectivity index (χ0n) is 30.5. The molecule has 10 heteroatoms. The molecule has 50 heavy (non-hydrogen) atoms. The fourth-order valence-corrected chi connectivity index (χ4v) is 7.64. The molecular formula is C40H54N8O2. The van der Waals surface area contributed by atoms with Crippen molar-refractivity contribution >= 4 is 11.8 Å². The van der Waals surface area contributed by atoms with Crippen LogP contribution in [-0.2, 0) is 9.59 Å². The molecule has 266 valence electrons. The molecule has 0 bridgehead atoms. The third-order valence-electron chi connectivity index (χ3n) is 10.3. The molecule has 4 aromatic rings. The summed E-state index contributed by atoms with van der Waals surface area (Å²) in [6, 6.07) is 16.6. The Balaban J connectivity index is 1.10. The number of aromatic amines is 2. The summed E-state index contributed by atoms with van der Waals surface area (Å²) >= 11 is 0. The Morgan fingerprint density at radius 3 is 1.72 bits per heavy atom. The number of nitrogens with one attached hydrogen (secondary N) is 4. The number of likely N-dealkylation sites (tertiary alicyclic amines) is 2. The van der Waals surface area contributed by atoms with E-state index in [-0.39, 0.29) is 36.0 Å². The van der Waals surface area contributed by atoms with E-state index < -0.39 is 0 Å². The first-order chi connectivity index (χ1) is 24.2. The van der Waals surface area contributed by atoms with E-state index in [0.717, 1.165) is 96.9 Å². The summed E-state index contributed by atoms with van der Waals surface area (Å²) in [6.45, 7) is 10.1. The minimum Gasteiger partial charge on any atom is -0.346 e. The van der Waals surface area contributed by atoms with E-state index in [0.29, 0.717) is 11.8 Å². The van der Waals surface area contributed by atoms with Crippen LogP contribution in [-0.4, -0.2) is 80.8 Å². The maximum absolute atomic E-state index is 13.4. The molecule has 0 saturated carbocycles. The molecule has 2 aromatic carbocycles. The van der Waals surface area contributed by atoms with Crippen LogP contribution in [0.1, 0.15) is 90.0 Å². The Hall–Kier alpha value is -4.28. The highest BCUT2D eigenvalue weighted by molar-refractivity contribution is 5.83. The van der Waals surface area contributed by atoms with Crippen molar-refractivity contribution in [2.75, 3.05) is 27.2 Å². The molecule has 4 atom stereocenters. The SMILES string of the molecule is CN[C@@H](CC(C)C)C(=O)N1CCC[C@H]1c1nc(-c2ccc(-c3ccc(-c4cnc([C@@H]5CCCN5C(=O)[C@H](CC(C)C)NC)[nH]4)cc3)cc2)c[nH]1. The first-order valence-electron chi connectivity index (χ1n) is 18.4. The zero-order chi connectivity index (χ0) is 35.4. The van der Waals surface area contributed by atoms with Crippen LogP contribution in [0.5, 0.6) is 0 Å². The summed E-state index contributed by atoms with van der Waals surface area (Å²) in [7, 11) is 3.75. The van der Waals surface area contributed by atoms with Gasteiger partial charge < -0.3 is 30.4 Å². The average molecular weight is 679 g/mol. The summed E-state index contributed by atoms with van der Waals surface area (Å²) in [5, 5.41) is 6.46. The average Bonchev–Trinajstić information content (AvgIpc) is 3.95. The Labute approximate surface area is 296 Å². The Kier molecular flexibility index (Phi) is 11.2. The number of benzene rings is 2. The molecule has 4 heterocycles. The predicted octanol–water partition coefficient (Wildman–Crippen LogP) is 6.73. The van der Waals surface area contributed by atoms with Crippen LogP contribution in [0.25, 0.3) is 33.6 Å². The van der Waals surface area contributed by atoms with Crippen molar-refractivity contribution in [3.8, 4) is 33.6 Å². The molecule has 2 aliphatic rings. The number of likely N-dealkylation sites (N-methyl/N-ethyl adjacent to an activating group) is 2. The number of aromatic nitrogens is 4. The lowest BCUT2D eigenvalue weighted by Gasteiger charge is -2.28. The zero-order valence-corrected chi connectivity index (χ0v) is 30.5. The number of nitrogens with zero attached hydrogens (tertiary/aromatic N) is 4. The molecule has 2 aliphatic heterocycles. The predicted molar refractivity (Wildman–Crippen MR) is 199 cm³/mol. The summed E-state index contributed by atoms with van der Waals surface area (Å²) in [5.74, 6) is 2.92. The van der Waals surface area contributed by atoms with Crippen LogP contribution < -0.4 is 10.6 Å². The van der Waals surface area contributed by atoms with E-state index in [1.807, 2.05) is 36.3 Å². The maximum atomic E-state index is 13.4. The highest BCUT2D eigenvalue weighted by Crippen LogP contribution is 2.35. The minimum absolute atomic E-state index is 0.0250. The largest absolute Gasteiger partial charge is 0.346 e. The van der Waals surface area contributed by atoms with Gasteiger partial charge >= 0.3 is 0 Å². The Morgan fingerprint density at radius 2 is 1.22 bits per heavy atom. The molecule has 0 spiro atoms. The maximum Gasteiger partial charge on any atom is 0.240 e. The van der Waals surface area contributed by atoms with Gasteiger partial charge in [0, 0.05) is 24.8 Å². The number of imidazole rings is 2. The smallest absolute Gasteiger partial charge is 0.240 e. The van der Waals surface area contributed by atoms with Gasteiger partial charge in [0.1, 0.15) is 11.6 Å². The second-order valence-corrected chi connectivity index (χ2v) is 14.8. The fourth-order valence-electron chi connectivity index (χ4n) is 7.64. The van der Waals surface area contributed by atoms with Gasteiger partial charge in [-0.3, -0.25) is 9.59 Å². The van der Waals surface area contributed by atoms with Gasteiger partial charge in [-0.25, -0.2) is 9.97 Å². The van der Waals surface area contributed by atoms with E-state index in [1.165, 1.54) is 0 Å². The van der Waals surface area contributed by atoms with Crippen molar-refractivity contribution in [3.63, 3.8) is 0 Å². The molecule has 2 amide bonds. The van der Waals surface area contributed by atoms with Gasteiger partial charge in [0.15, 0.2) is 0 Å². The number of amides is 2. The summed E-state index contributed by atoms with van der Waals surface area (Å²) < 4.78 is 0. The van der Waals surface area contributed by atoms with Crippen molar-refractivity contribution < 1.29 is 9.59 Å². The normalized spacial score (nSPS) is 19.1. The summed E-state index contributed by atoms with van der Waals surface area (Å²) in [5.41, 5.74) is 6.17. The van der Waals surface area contributed by atoms with E-state index in [2.05, 4.69) is 96.8 Å². The van der Waals surface area contributed by atoms with Crippen molar-refractivity contribution in [1.29, 1.82) is 0 Å². The van der Waals surface area contributed by atoms with Crippen LogP contribution in [0, 0.1) is 11.8 Å². The molecule has 2 aromatic heterocycles. The van der Waals surface area contributed by atoms with E-state index in [1.54, 1.807) is 0 Å². The number of hydrogen-bond acceptors (Lipinski definition) is 6. The first-order valence-corrected chi connectivity index (χ1v) is 18.4. The number of carbonyl (C=O) groups excluding carboxylic acids is 2. The molecule has 4 N–H and O–H groups in total. The molecule has 2 saturated heterocycles. The lowest BCUT2D eigenvalue weighted by molar-refractivity contribution is -0.135. The third kappa shape index (κ3) is 7.71. The number of rotatable bonds is 13. The van der Waals surface area contributed by atoms with E-state index in [9.17, 15) is 9.59 Å². The van der Waals surface area contributed by atoms with Gasteiger partial charge in [0.25, 0.3) is 0 Å². The third-order valence-corrected chi connectivity index (χ3v) is 10.3. The molecule has 0 radical (unpaired) electrons. The fraction of sp³-hybridized carbons (Fsp3) is 0.500. The number of H-pyrrole nitrogens is 2. The second kappa shape index (κ2) is 15.7. The quantitative estimate of drug-likeness (QED) is 0.124. The summed E-state index contributed by atoms with van der Waals surface area (Å²) in [4.78, 5) is 47.4. The van der Waals surface area contributed by atoms with Crippen LogP contribution in [0.15, 0.2) is 60.9 Å². The summed E-state index contributed by atoms with van der Waals surface area (Å²) in [6.07, 6.45) is 9.27. The Morgan fingerprint density at radius 1 is 0.740 bits per heavy atom.